The first-order chi connectivity index (χ1) is 9.04. The van der Waals surface area contributed by atoms with Crippen LogP contribution < -0.4 is 10.5 Å². The number of aromatic nitrogens is 2. The van der Waals surface area contributed by atoms with Crippen LogP contribution >= 0.6 is 0 Å². The fourth-order valence-corrected chi connectivity index (χ4v) is 1.87. The van der Waals surface area contributed by atoms with Crippen LogP contribution in [0.3, 0.4) is 0 Å². The maximum Gasteiger partial charge on any atom is 0.402 e. The molecule has 1 unspecified atom stereocenters. The standard InChI is InChI=1S/C10H13F6N3O/c1-3-19-7(5(20-2)4-18-19)6(17)8(9(11,12)13)10(14,15)16/h4,6,8H,3,17H2,1-2H3. The number of nitrogens with zero attached hydrogens (tertiary/aromatic N) is 2. The van der Waals surface area contributed by atoms with Crippen molar-refractivity contribution in [2.24, 2.45) is 11.7 Å². The lowest BCUT2D eigenvalue weighted by Gasteiger charge is -2.28. The third-order valence-corrected chi connectivity index (χ3v) is 2.74. The molecular weight excluding hydrogens is 292 g/mol. The first kappa shape index (κ1) is 16.6. The lowest BCUT2D eigenvalue weighted by Crippen LogP contribution is -2.44. The zero-order valence-electron chi connectivity index (χ0n) is 10.6. The maximum absolute atomic E-state index is 12.7. The van der Waals surface area contributed by atoms with Crippen molar-refractivity contribution in [1.29, 1.82) is 0 Å². The minimum absolute atomic E-state index is 0.0643. The van der Waals surface area contributed by atoms with Gasteiger partial charge in [-0.25, -0.2) is 0 Å². The molecule has 0 saturated heterocycles. The number of methoxy groups -OCH3 is 1. The average molecular weight is 305 g/mol. The van der Waals surface area contributed by atoms with Crippen LogP contribution in [0.25, 0.3) is 0 Å². The Morgan fingerprint density at radius 3 is 2.10 bits per heavy atom. The van der Waals surface area contributed by atoms with Crippen molar-refractivity contribution in [3.05, 3.63) is 11.9 Å². The molecule has 116 valence electrons. The largest absolute Gasteiger partial charge is 0.493 e. The predicted octanol–water partition coefficient (Wildman–Crippen LogP) is 2.65. The first-order valence-corrected chi connectivity index (χ1v) is 5.52. The second kappa shape index (κ2) is 5.51. The van der Waals surface area contributed by atoms with E-state index in [1.807, 2.05) is 0 Å². The van der Waals surface area contributed by atoms with E-state index in [0.29, 0.717) is 0 Å². The first-order valence-electron chi connectivity index (χ1n) is 5.52. The number of rotatable bonds is 4. The van der Waals surface area contributed by atoms with Crippen molar-refractivity contribution in [3.63, 3.8) is 0 Å². The molecule has 0 aliphatic rings. The van der Waals surface area contributed by atoms with Crippen molar-refractivity contribution in [1.82, 2.24) is 9.78 Å². The number of hydrogen-bond donors (Lipinski definition) is 1. The molecule has 10 heteroatoms. The van der Waals surface area contributed by atoms with Crippen LogP contribution in [0.15, 0.2) is 6.20 Å². The second-order valence-corrected chi connectivity index (χ2v) is 4.00. The van der Waals surface area contributed by atoms with Gasteiger partial charge < -0.3 is 10.5 Å². The monoisotopic (exact) mass is 305 g/mol. The number of ether oxygens (including phenoxy) is 1. The minimum atomic E-state index is -5.52. The molecule has 0 amide bonds. The number of nitrogens with two attached hydrogens (primary N) is 1. The summed E-state index contributed by atoms with van der Waals surface area (Å²) in [5, 5.41) is 3.65. The van der Waals surface area contributed by atoms with Crippen LogP contribution in [0.5, 0.6) is 5.75 Å². The number of aryl methyl sites for hydroxylation is 1. The van der Waals surface area contributed by atoms with Gasteiger partial charge in [0.05, 0.1) is 25.0 Å². The highest BCUT2D eigenvalue weighted by Crippen LogP contribution is 2.46. The molecule has 0 spiro atoms. The van der Waals surface area contributed by atoms with E-state index in [2.05, 4.69) is 5.10 Å². The van der Waals surface area contributed by atoms with E-state index < -0.39 is 30.0 Å². The smallest absolute Gasteiger partial charge is 0.402 e. The molecule has 1 atom stereocenters. The Labute approximate surface area is 110 Å². The van der Waals surface area contributed by atoms with E-state index in [1.54, 1.807) is 0 Å². The molecule has 0 fully saturated rings. The second-order valence-electron chi connectivity index (χ2n) is 4.00. The summed E-state index contributed by atoms with van der Waals surface area (Å²) in [6, 6.07) is -2.35. The fraction of sp³-hybridized carbons (Fsp3) is 0.700. The van der Waals surface area contributed by atoms with E-state index >= 15 is 0 Å². The fourth-order valence-electron chi connectivity index (χ4n) is 1.87. The molecule has 4 nitrogen and oxygen atoms in total. The molecule has 0 aliphatic heterocycles. The van der Waals surface area contributed by atoms with Crippen molar-refractivity contribution in [2.75, 3.05) is 7.11 Å². The molecule has 0 saturated carbocycles. The minimum Gasteiger partial charge on any atom is -0.493 e. The van der Waals surface area contributed by atoms with Gasteiger partial charge in [0.15, 0.2) is 11.7 Å². The third kappa shape index (κ3) is 3.17. The quantitative estimate of drug-likeness (QED) is 0.870. The normalized spacial score (nSPS) is 14.7. The van der Waals surface area contributed by atoms with Gasteiger partial charge in [-0.15, -0.1) is 0 Å². The zero-order valence-corrected chi connectivity index (χ0v) is 10.6. The van der Waals surface area contributed by atoms with Crippen LogP contribution in [0, 0.1) is 5.92 Å². The van der Waals surface area contributed by atoms with Crippen LogP contribution in [-0.4, -0.2) is 29.2 Å². The molecule has 1 aromatic rings. The van der Waals surface area contributed by atoms with E-state index in [1.165, 1.54) is 6.92 Å². The van der Waals surface area contributed by atoms with Crippen LogP contribution in [0.1, 0.15) is 18.7 Å². The van der Waals surface area contributed by atoms with Gasteiger partial charge in [0, 0.05) is 6.54 Å². The molecule has 0 aromatic carbocycles. The Hall–Kier alpha value is -1.45. The molecule has 0 radical (unpaired) electrons. The summed E-state index contributed by atoms with van der Waals surface area (Å²) in [7, 11) is 1.11. The van der Waals surface area contributed by atoms with E-state index in [9.17, 15) is 26.3 Å². The summed E-state index contributed by atoms with van der Waals surface area (Å²) in [5.41, 5.74) is 4.79. The Bertz CT molecular complexity index is 417. The highest BCUT2D eigenvalue weighted by atomic mass is 19.4. The van der Waals surface area contributed by atoms with E-state index in [-0.39, 0.29) is 12.3 Å². The Balaban J connectivity index is 3.33. The Morgan fingerprint density at radius 1 is 1.25 bits per heavy atom. The predicted molar refractivity (Wildman–Crippen MR) is 57.0 cm³/mol. The highest BCUT2D eigenvalue weighted by molar-refractivity contribution is 5.29. The maximum atomic E-state index is 12.7. The SMILES string of the molecule is CCn1ncc(OC)c1C(N)C(C(F)(F)F)C(F)(F)F. The van der Waals surface area contributed by atoms with Gasteiger partial charge in [0.25, 0.3) is 0 Å². The molecule has 0 aliphatic carbocycles. The van der Waals surface area contributed by atoms with Gasteiger partial charge in [-0.05, 0) is 6.92 Å². The number of halogens is 6. The average Bonchev–Trinajstić information content (AvgIpc) is 2.67. The van der Waals surface area contributed by atoms with Gasteiger partial charge in [0.1, 0.15) is 0 Å². The Morgan fingerprint density at radius 2 is 1.75 bits per heavy atom. The van der Waals surface area contributed by atoms with E-state index in [4.69, 9.17) is 10.5 Å². The molecule has 2 N–H and O–H groups in total. The van der Waals surface area contributed by atoms with Gasteiger partial charge in [-0.1, -0.05) is 0 Å². The van der Waals surface area contributed by atoms with Crippen LogP contribution in [0.4, 0.5) is 26.3 Å². The summed E-state index contributed by atoms with van der Waals surface area (Å²) < 4.78 is 81.6. The number of alkyl halides is 6. The van der Waals surface area contributed by atoms with Gasteiger partial charge >= 0.3 is 12.4 Å². The molecule has 20 heavy (non-hydrogen) atoms. The van der Waals surface area contributed by atoms with Crippen molar-refractivity contribution < 1.29 is 31.1 Å². The van der Waals surface area contributed by atoms with Crippen molar-refractivity contribution in [3.8, 4) is 5.75 Å². The Kier molecular flexibility index (Phi) is 4.57. The summed E-state index contributed by atoms with van der Waals surface area (Å²) in [4.78, 5) is 0. The topological polar surface area (TPSA) is 53.1 Å². The molecule has 1 heterocycles. The number of hydrogen-bond acceptors (Lipinski definition) is 3. The molecule has 1 aromatic heterocycles. The zero-order chi connectivity index (χ0) is 15.7. The lowest BCUT2D eigenvalue weighted by atomic mass is 9.95. The van der Waals surface area contributed by atoms with Gasteiger partial charge in [0.2, 0.25) is 0 Å². The van der Waals surface area contributed by atoms with Crippen LogP contribution in [0.2, 0.25) is 0 Å². The molecule has 1 rings (SSSR count). The summed E-state index contributed by atoms with van der Waals surface area (Å²) in [6.45, 7) is 1.58. The van der Waals surface area contributed by atoms with Crippen LogP contribution in [-0.2, 0) is 6.54 Å². The lowest BCUT2D eigenvalue weighted by molar-refractivity contribution is -0.290. The van der Waals surface area contributed by atoms with Crippen molar-refractivity contribution in [2.45, 2.75) is 31.9 Å². The van der Waals surface area contributed by atoms with Gasteiger partial charge in [-0.2, -0.15) is 31.4 Å². The summed E-state index contributed by atoms with van der Waals surface area (Å²) in [6.07, 6.45) is -10.0. The molecule has 0 bridgehead atoms. The van der Waals surface area contributed by atoms with Crippen molar-refractivity contribution >= 4 is 0 Å². The van der Waals surface area contributed by atoms with E-state index in [0.717, 1.165) is 18.0 Å². The highest BCUT2D eigenvalue weighted by Gasteiger charge is 2.60. The molecular formula is C10H13F6N3O. The third-order valence-electron chi connectivity index (χ3n) is 2.74. The summed E-state index contributed by atoms with van der Waals surface area (Å²) in [5.74, 6) is -3.90. The summed E-state index contributed by atoms with van der Waals surface area (Å²) >= 11 is 0. The van der Waals surface area contributed by atoms with Gasteiger partial charge in [-0.3, -0.25) is 4.68 Å².